The Morgan fingerprint density at radius 3 is 2.65 bits per heavy atom. The first-order valence-corrected chi connectivity index (χ1v) is 8.37. The summed E-state index contributed by atoms with van der Waals surface area (Å²) in [6.07, 6.45) is 2.28. The normalized spacial score (nSPS) is 21.0. The lowest BCUT2D eigenvalue weighted by Crippen LogP contribution is -2.45. The number of benzene rings is 1. The molecule has 0 bridgehead atoms. The van der Waals surface area contributed by atoms with Crippen LogP contribution in [-0.4, -0.2) is 48.1 Å². The van der Waals surface area contributed by atoms with Gasteiger partial charge in [-0.3, -0.25) is 9.59 Å². The molecule has 5 heteroatoms. The Hall–Kier alpha value is -1.88. The lowest BCUT2D eigenvalue weighted by molar-refractivity contribution is -0.123. The van der Waals surface area contributed by atoms with E-state index in [0.717, 1.165) is 18.4 Å². The highest BCUT2D eigenvalue weighted by Gasteiger charge is 2.31. The summed E-state index contributed by atoms with van der Waals surface area (Å²) in [6, 6.07) is 9.35. The zero-order valence-electron chi connectivity index (χ0n) is 13.7. The summed E-state index contributed by atoms with van der Waals surface area (Å²) >= 11 is 0. The Morgan fingerprint density at radius 1 is 1.26 bits per heavy atom. The van der Waals surface area contributed by atoms with Gasteiger partial charge in [-0.15, -0.1) is 0 Å². The number of aliphatic hydroxyl groups is 1. The van der Waals surface area contributed by atoms with Gasteiger partial charge in [-0.2, -0.15) is 0 Å². The maximum atomic E-state index is 12.6. The fraction of sp³-hybridized carbons (Fsp3) is 0.556. The minimum atomic E-state index is -0.0348. The number of aliphatic hydroxyl groups excluding tert-OH is 1. The van der Waals surface area contributed by atoms with Crippen molar-refractivity contribution in [2.24, 2.45) is 11.8 Å². The molecule has 1 aromatic rings. The first-order valence-electron chi connectivity index (χ1n) is 8.37. The number of amides is 2. The van der Waals surface area contributed by atoms with Crippen LogP contribution in [0.1, 0.15) is 36.5 Å². The van der Waals surface area contributed by atoms with Crippen LogP contribution in [0.5, 0.6) is 0 Å². The molecule has 1 aliphatic heterocycles. The van der Waals surface area contributed by atoms with Crippen molar-refractivity contribution in [2.75, 3.05) is 26.2 Å². The number of carbonyl (C=O) groups is 2. The number of rotatable bonds is 6. The van der Waals surface area contributed by atoms with Crippen molar-refractivity contribution in [3.05, 3.63) is 35.9 Å². The molecule has 2 rings (SSSR count). The van der Waals surface area contributed by atoms with Crippen LogP contribution in [0.2, 0.25) is 0 Å². The Balaban J connectivity index is 1.93. The second kappa shape index (κ2) is 8.67. The van der Waals surface area contributed by atoms with E-state index in [1.54, 1.807) is 0 Å². The van der Waals surface area contributed by atoms with E-state index in [-0.39, 0.29) is 18.4 Å². The predicted octanol–water partition coefficient (Wildman–Crippen LogP) is 1.67. The molecule has 0 saturated carbocycles. The van der Waals surface area contributed by atoms with E-state index < -0.39 is 0 Å². The van der Waals surface area contributed by atoms with Crippen molar-refractivity contribution in [1.82, 2.24) is 10.2 Å². The lowest BCUT2D eigenvalue weighted by atomic mass is 9.81. The molecule has 1 fully saturated rings. The quantitative estimate of drug-likeness (QED) is 0.838. The molecule has 126 valence electrons. The monoisotopic (exact) mass is 318 g/mol. The molecule has 0 unspecified atom stereocenters. The molecule has 23 heavy (non-hydrogen) atoms. The molecule has 0 aromatic heterocycles. The highest BCUT2D eigenvalue weighted by atomic mass is 16.3. The van der Waals surface area contributed by atoms with E-state index in [0.29, 0.717) is 37.9 Å². The number of hydrogen-bond donors (Lipinski definition) is 2. The molecule has 2 amide bonds. The molecule has 1 saturated heterocycles. The second-order valence-electron chi connectivity index (χ2n) is 6.11. The largest absolute Gasteiger partial charge is 0.395 e. The highest BCUT2D eigenvalue weighted by Crippen LogP contribution is 2.29. The number of hydrogen-bond acceptors (Lipinski definition) is 3. The summed E-state index contributed by atoms with van der Waals surface area (Å²) in [5.41, 5.74) is 0.724. The van der Waals surface area contributed by atoms with Crippen molar-refractivity contribution >= 4 is 11.8 Å². The van der Waals surface area contributed by atoms with E-state index >= 15 is 0 Å². The van der Waals surface area contributed by atoms with Crippen LogP contribution < -0.4 is 5.32 Å². The third-order valence-electron chi connectivity index (χ3n) is 4.61. The average molecular weight is 318 g/mol. The van der Waals surface area contributed by atoms with Gasteiger partial charge in [0.05, 0.1) is 6.61 Å². The zero-order valence-corrected chi connectivity index (χ0v) is 13.7. The topological polar surface area (TPSA) is 69.6 Å². The number of nitrogens with one attached hydrogen (secondary N) is 1. The van der Waals surface area contributed by atoms with Crippen LogP contribution in [0, 0.1) is 11.8 Å². The van der Waals surface area contributed by atoms with Crippen LogP contribution in [0.4, 0.5) is 0 Å². The van der Waals surface area contributed by atoms with Gasteiger partial charge in [0.1, 0.15) is 0 Å². The van der Waals surface area contributed by atoms with E-state index in [9.17, 15) is 9.59 Å². The van der Waals surface area contributed by atoms with Gasteiger partial charge < -0.3 is 15.3 Å². The standard InChI is InChI=1S/C18H26N2O3/c1-2-14-13-20(18(23)15-6-4-3-5-7-15)10-8-16(14)12-17(22)19-9-11-21/h3-7,14,16,21H,2,8-13H2,1H3,(H,19,22)/t14-,16-/m0/s1. The Labute approximate surface area is 137 Å². The molecule has 1 heterocycles. The zero-order chi connectivity index (χ0) is 16.7. The predicted molar refractivity (Wildman–Crippen MR) is 88.9 cm³/mol. The lowest BCUT2D eigenvalue weighted by Gasteiger charge is -2.38. The van der Waals surface area contributed by atoms with Crippen LogP contribution in [-0.2, 0) is 4.79 Å². The number of nitrogens with zero attached hydrogens (tertiary/aromatic N) is 1. The number of carbonyl (C=O) groups excluding carboxylic acids is 2. The van der Waals surface area contributed by atoms with Gasteiger partial charge in [0.2, 0.25) is 5.91 Å². The van der Waals surface area contributed by atoms with E-state index in [2.05, 4.69) is 12.2 Å². The maximum Gasteiger partial charge on any atom is 0.253 e. The summed E-state index contributed by atoms with van der Waals surface area (Å²) in [5, 5.41) is 11.5. The van der Waals surface area contributed by atoms with Gasteiger partial charge in [0.15, 0.2) is 0 Å². The first-order chi connectivity index (χ1) is 11.2. The van der Waals surface area contributed by atoms with Crippen LogP contribution in [0.25, 0.3) is 0 Å². The van der Waals surface area contributed by atoms with Gasteiger partial charge >= 0.3 is 0 Å². The number of likely N-dealkylation sites (tertiary alicyclic amines) is 1. The Morgan fingerprint density at radius 2 is 2.00 bits per heavy atom. The average Bonchev–Trinajstić information content (AvgIpc) is 2.60. The van der Waals surface area contributed by atoms with Crippen molar-refractivity contribution in [1.29, 1.82) is 0 Å². The molecule has 0 spiro atoms. The van der Waals surface area contributed by atoms with Crippen LogP contribution in [0.3, 0.4) is 0 Å². The van der Waals surface area contributed by atoms with Crippen LogP contribution >= 0.6 is 0 Å². The third-order valence-corrected chi connectivity index (χ3v) is 4.61. The van der Waals surface area contributed by atoms with Gasteiger partial charge in [0, 0.05) is 31.6 Å². The van der Waals surface area contributed by atoms with Crippen molar-refractivity contribution < 1.29 is 14.7 Å². The van der Waals surface area contributed by atoms with E-state index in [1.807, 2.05) is 35.2 Å². The minimum Gasteiger partial charge on any atom is -0.395 e. The first kappa shape index (κ1) is 17.5. The fourth-order valence-corrected chi connectivity index (χ4v) is 3.27. The molecule has 0 radical (unpaired) electrons. The van der Waals surface area contributed by atoms with E-state index in [4.69, 9.17) is 5.11 Å². The van der Waals surface area contributed by atoms with Crippen molar-refractivity contribution in [3.8, 4) is 0 Å². The van der Waals surface area contributed by atoms with Gasteiger partial charge in [0.25, 0.3) is 5.91 Å². The summed E-state index contributed by atoms with van der Waals surface area (Å²) in [4.78, 5) is 26.3. The molecule has 0 aliphatic carbocycles. The SMILES string of the molecule is CC[C@H]1CN(C(=O)c2ccccc2)CC[C@H]1CC(=O)NCCO. The molecule has 5 nitrogen and oxygen atoms in total. The summed E-state index contributed by atoms with van der Waals surface area (Å²) in [7, 11) is 0. The summed E-state index contributed by atoms with van der Waals surface area (Å²) in [5.74, 6) is 0.715. The highest BCUT2D eigenvalue weighted by molar-refractivity contribution is 5.94. The number of piperidine rings is 1. The Bertz CT molecular complexity index is 518. The van der Waals surface area contributed by atoms with E-state index in [1.165, 1.54) is 0 Å². The summed E-state index contributed by atoms with van der Waals surface area (Å²) in [6.45, 7) is 3.79. The fourth-order valence-electron chi connectivity index (χ4n) is 3.27. The molecular weight excluding hydrogens is 292 g/mol. The van der Waals surface area contributed by atoms with Crippen molar-refractivity contribution in [3.63, 3.8) is 0 Å². The second-order valence-corrected chi connectivity index (χ2v) is 6.11. The van der Waals surface area contributed by atoms with Gasteiger partial charge in [-0.05, 0) is 30.4 Å². The molecule has 2 N–H and O–H groups in total. The van der Waals surface area contributed by atoms with Crippen LogP contribution in [0.15, 0.2) is 30.3 Å². The summed E-state index contributed by atoms with van der Waals surface area (Å²) < 4.78 is 0. The molecular formula is C18H26N2O3. The van der Waals surface area contributed by atoms with Crippen molar-refractivity contribution in [2.45, 2.75) is 26.2 Å². The molecule has 1 aromatic carbocycles. The smallest absolute Gasteiger partial charge is 0.253 e. The minimum absolute atomic E-state index is 0.00895. The van der Waals surface area contributed by atoms with Gasteiger partial charge in [-0.1, -0.05) is 31.5 Å². The molecule has 1 aliphatic rings. The maximum absolute atomic E-state index is 12.6. The molecule has 2 atom stereocenters. The van der Waals surface area contributed by atoms with Gasteiger partial charge in [-0.25, -0.2) is 0 Å². The Kier molecular flexibility index (Phi) is 6.59. The third kappa shape index (κ3) is 4.79.